The summed E-state index contributed by atoms with van der Waals surface area (Å²) < 4.78 is 5.34. The van der Waals surface area contributed by atoms with Crippen molar-refractivity contribution in [2.75, 3.05) is 39.5 Å². The van der Waals surface area contributed by atoms with Gasteiger partial charge in [0.25, 0.3) is 0 Å². The van der Waals surface area contributed by atoms with E-state index in [1.165, 1.54) is 13.8 Å². The zero-order valence-corrected chi connectivity index (χ0v) is 26.6. The van der Waals surface area contributed by atoms with E-state index in [-0.39, 0.29) is 18.4 Å². The first-order chi connectivity index (χ1) is 20.0. The van der Waals surface area contributed by atoms with E-state index in [2.05, 4.69) is 41.9 Å². The van der Waals surface area contributed by atoms with Crippen molar-refractivity contribution in [3.05, 3.63) is 73.6 Å². The molecule has 0 unspecified atom stereocenters. The molecule has 1 aromatic carbocycles. The van der Waals surface area contributed by atoms with Gasteiger partial charge >= 0.3 is 5.97 Å². The van der Waals surface area contributed by atoms with E-state index in [0.29, 0.717) is 24.6 Å². The van der Waals surface area contributed by atoms with E-state index >= 15 is 0 Å². The number of carbonyl (C=O) groups is 3. The summed E-state index contributed by atoms with van der Waals surface area (Å²) in [4.78, 5) is 41.9. The second-order valence-corrected chi connectivity index (χ2v) is 12.5. The third-order valence-electron chi connectivity index (χ3n) is 5.91. The third kappa shape index (κ3) is 10.1. The van der Waals surface area contributed by atoms with Gasteiger partial charge in [0.15, 0.2) is 6.61 Å². The number of nitrogens with zero attached hydrogens (tertiary/aromatic N) is 2. The highest BCUT2D eigenvalue weighted by Gasteiger charge is 2.12. The Morgan fingerprint density at radius 2 is 1.45 bits per heavy atom. The number of carboxylic acids is 1. The molecule has 0 atom stereocenters. The topological polar surface area (TPSA) is 87.2 Å². The van der Waals surface area contributed by atoms with Gasteiger partial charge in [-0.05, 0) is 55.0 Å². The molecule has 2 aromatic heterocycles. The van der Waals surface area contributed by atoms with Crippen LogP contribution in [-0.4, -0.2) is 72.2 Å². The largest absolute Gasteiger partial charge is 0.482 e. The van der Waals surface area contributed by atoms with Crippen LogP contribution in [0, 0.1) is 30.6 Å². The number of rotatable bonds is 10. The van der Waals surface area contributed by atoms with Crippen molar-refractivity contribution in [1.29, 1.82) is 0 Å². The lowest BCUT2D eigenvalue weighted by atomic mass is 10.2. The maximum atomic E-state index is 11.5. The van der Waals surface area contributed by atoms with Crippen LogP contribution in [0.15, 0.2) is 53.4 Å². The van der Waals surface area contributed by atoms with Crippen LogP contribution in [0.1, 0.15) is 38.9 Å². The Bertz CT molecular complexity index is 1520. The summed E-state index contributed by atoms with van der Waals surface area (Å²) >= 11 is 4.86. The first-order valence-corrected chi connectivity index (χ1v) is 15.5. The summed E-state index contributed by atoms with van der Waals surface area (Å²) in [7, 11) is 3.45. The molecular formula is C32H32N2O5S3. The van der Waals surface area contributed by atoms with Crippen LogP contribution < -0.4 is 4.74 Å². The fourth-order valence-electron chi connectivity index (χ4n) is 3.37. The normalized spacial score (nSPS) is 10.0. The number of carboxylic acid groups (broad SMARTS) is 1. The molecule has 0 aliphatic carbocycles. The number of amides is 2. The molecule has 3 aromatic rings. The van der Waals surface area contributed by atoms with E-state index in [0.717, 1.165) is 35.5 Å². The predicted octanol–water partition coefficient (Wildman–Crippen LogP) is 5.47. The van der Waals surface area contributed by atoms with Gasteiger partial charge in [0.05, 0.1) is 22.8 Å². The lowest BCUT2D eigenvalue weighted by molar-refractivity contribution is -0.139. The summed E-state index contributed by atoms with van der Waals surface area (Å²) in [6.07, 6.45) is 2.19. The minimum absolute atomic E-state index is 0.0268. The Balaban J connectivity index is 1.82. The van der Waals surface area contributed by atoms with Gasteiger partial charge in [0.2, 0.25) is 11.8 Å². The molecule has 42 heavy (non-hydrogen) atoms. The summed E-state index contributed by atoms with van der Waals surface area (Å²) in [6.45, 7) is 5.29. The highest BCUT2D eigenvalue weighted by Crippen LogP contribution is 2.35. The molecule has 218 valence electrons. The van der Waals surface area contributed by atoms with Crippen molar-refractivity contribution in [1.82, 2.24) is 9.80 Å². The van der Waals surface area contributed by atoms with Crippen molar-refractivity contribution in [2.45, 2.75) is 25.7 Å². The van der Waals surface area contributed by atoms with Crippen LogP contribution in [0.5, 0.6) is 5.75 Å². The predicted molar refractivity (Wildman–Crippen MR) is 171 cm³/mol. The van der Waals surface area contributed by atoms with Gasteiger partial charge in [-0.15, -0.1) is 34.4 Å². The van der Waals surface area contributed by atoms with Crippen LogP contribution in [-0.2, 0) is 14.4 Å². The molecule has 0 bridgehead atoms. The standard InChI is InChI=1S/C32H32N2O5S3/c1-22-20-27(10-13-29(22)39-21-32(37)38)40-19-16-28(30-14-11-25(41-30)8-6-17-33(4)23(2)35)31-15-12-26(42-31)9-7-18-34(5)24(3)36/h10-16,20H,17-19,21H2,1-5H3,(H,37,38). The molecule has 0 radical (unpaired) electrons. The van der Waals surface area contributed by atoms with Crippen LogP contribution >= 0.6 is 34.4 Å². The average Bonchev–Trinajstić information content (AvgIpc) is 3.60. The van der Waals surface area contributed by atoms with Crippen molar-refractivity contribution >= 4 is 57.8 Å². The fourth-order valence-corrected chi connectivity index (χ4v) is 6.17. The quantitative estimate of drug-likeness (QED) is 0.239. The molecule has 0 spiro atoms. The Hall–Kier alpha value is -3.96. The molecule has 7 nitrogen and oxygen atoms in total. The third-order valence-corrected chi connectivity index (χ3v) is 8.90. The lowest BCUT2D eigenvalue weighted by Crippen LogP contribution is -2.23. The number of aliphatic carboxylic acids is 1. The molecule has 1 N–H and O–H groups in total. The maximum absolute atomic E-state index is 11.5. The number of aryl methyl sites for hydroxylation is 1. The van der Waals surface area contributed by atoms with Gasteiger partial charge in [-0.1, -0.05) is 29.8 Å². The van der Waals surface area contributed by atoms with E-state index in [1.807, 2.05) is 31.2 Å². The van der Waals surface area contributed by atoms with Gasteiger partial charge in [-0.25, -0.2) is 4.79 Å². The average molecular weight is 621 g/mol. The van der Waals surface area contributed by atoms with E-state index < -0.39 is 5.97 Å². The highest BCUT2D eigenvalue weighted by molar-refractivity contribution is 7.99. The molecule has 0 aliphatic heterocycles. The molecule has 0 fully saturated rings. The van der Waals surface area contributed by atoms with Crippen LogP contribution in [0.25, 0.3) is 5.57 Å². The van der Waals surface area contributed by atoms with Gasteiger partial charge in [-0.3, -0.25) is 9.59 Å². The Kier molecular flexibility index (Phi) is 12.3. The number of hydrogen-bond donors (Lipinski definition) is 1. The number of thiophene rings is 2. The Labute approximate surface area is 259 Å². The number of carbonyl (C=O) groups excluding carboxylic acids is 2. The highest BCUT2D eigenvalue weighted by atomic mass is 32.2. The van der Waals surface area contributed by atoms with Crippen molar-refractivity contribution in [3.63, 3.8) is 0 Å². The van der Waals surface area contributed by atoms with E-state index in [1.54, 1.807) is 64.4 Å². The monoisotopic (exact) mass is 620 g/mol. The van der Waals surface area contributed by atoms with Crippen molar-refractivity contribution in [2.24, 2.45) is 0 Å². The minimum Gasteiger partial charge on any atom is -0.482 e. The second kappa shape index (κ2) is 15.9. The Morgan fingerprint density at radius 1 is 0.905 bits per heavy atom. The number of hydrogen-bond acceptors (Lipinski definition) is 7. The maximum Gasteiger partial charge on any atom is 0.341 e. The van der Waals surface area contributed by atoms with E-state index in [9.17, 15) is 14.4 Å². The molecule has 0 saturated carbocycles. The van der Waals surface area contributed by atoms with Gasteiger partial charge < -0.3 is 19.6 Å². The molecule has 2 heterocycles. The van der Waals surface area contributed by atoms with Crippen molar-refractivity contribution < 1.29 is 24.2 Å². The van der Waals surface area contributed by atoms with Crippen LogP contribution in [0.4, 0.5) is 0 Å². The van der Waals surface area contributed by atoms with Crippen LogP contribution in [0.2, 0.25) is 0 Å². The van der Waals surface area contributed by atoms with Crippen LogP contribution in [0.3, 0.4) is 0 Å². The smallest absolute Gasteiger partial charge is 0.341 e. The molecule has 0 saturated heterocycles. The first-order valence-electron chi connectivity index (χ1n) is 12.9. The second-order valence-electron chi connectivity index (χ2n) is 9.22. The summed E-state index contributed by atoms with van der Waals surface area (Å²) in [5.74, 6) is 12.6. The minimum atomic E-state index is -1.01. The Morgan fingerprint density at radius 3 is 1.93 bits per heavy atom. The number of benzene rings is 1. The first kappa shape index (κ1) is 32.6. The van der Waals surface area contributed by atoms with Gasteiger partial charge in [0.1, 0.15) is 5.75 Å². The molecule has 0 aliphatic rings. The molecule has 10 heteroatoms. The van der Waals surface area contributed by atoms with E-state index in [4.69, 9.17) is 9.84 Å². The van der Waals surface area contributed by atoms with Gasteiger partial charge in [0, 0.05) is 53.9 Å². The molecule has 3 rings (SSSR count). The molecule has 2 amide bonds. The SMILES string of the molecule is CC(=O)N(C)CC#Cc1ccc(C(=CCSc2ccc(OCC(=O)O)c(C)c2)c2ccc(C#CCN(C)C(C)=O)s2)s1. The number of ether oxygens (including phenoxy) is 1. The lowest BCUT2D eigenvalue weighted by Gasteiger charge is -2.09. The van der Waals surface area contributed by atoms with Gasteiger partial charge in [-0.2, -0.15) is 0 Å². The fraction of sp³-hybridized carbons (Fsp3) is 0.281. The zero-order chi connectivity index (χ0) is 30.6. The summed E-state index contributed by atoms with van der Waals surface area (Å²) in [6, 6.07) is 13.8. The summed E-state index contributed by atoms with van der Waals surface area (Å²) in [5, 5.41) is 8.87. The summed E-state index contributed by atoms with van der Waals surface area (Å²) in [5.41, 5.74) is 1.96. The van der Waals surface area contributed by atoms with Crippen molar-refractivity contribution in [3.8, 4) is 29.4 Å². The molecular weight excluding hydrogens is 589 g/mol. The number of thioether (sulfide) groups is 1. The zero-order valence-electron chi connectivity index (χ0n) is 24.1.